The van der Waals surface area contributed by atoms with Crippen LogP contribution in [0.3, 0.4) is 0 Å². The summed E-state index contributed by atoms with van der Waals surface area (Å²) in [5.74, 6) is -0.861. The monoisotopic (exact) mass is 646 g/mol. The molecule has 0 radical (unpaired) electrons. The molecule has 9 heteroatoms. The van der Waals surface area contributed by atoms with Crippen LogP contribution in [0.1, 0.15) is 40.2 Å². The van der Waals surface area contributed by atoms with Crippen LogP contribution < -0.4 is 27.2 Å². The van der Waals surface area contributed by atoms with E-state index in [1.54, 1.807) is 20.0 Å². The highest BCUT2D eigenvalue weighted by atomic mass is 28.4. The Morgan fingerprint density at radius 1 is 0.936 bits per heavy atom. The minimum Gasteiger partial charge on any atom is -0.408 e. The average Bonchev–Trinajstić information content (AvgIpc) is 3.35. The summed E-state index contributed by atoms with van der Waals surface area (Å²) in [6.45, 7) is 10.0. The number of oxazole rings is 1. The second-order valence-corrected chi connectivity index (χ2v) is 17.6. The first-order chi connectivity index (χ1) is 22.3. The number of aromatic nitrogens is 1. The van der Waals surface area contributed by atoms with Crippen LogP contribution in [0.4, 0.5) is 0 Å². The fraction of sp³-hybridized carbons (Fsp3) is 0.289. The number of benzene rings is 4. The molecule has 1 amide bonds. The van der Waals surface area contributed by atoms with E-state index in [0.717, 1.165) is 27.1 Å². The Kier molecular flexibility index (Phi) is 9.41. The SMILES string of the molecule is C[C@H](O[Si](c1ccccc1)(c1ccccc1)C(C)(C)C)[C@@](C)(N)C(=O)N[C@H](C#N)Cc1ccc(-c2ccc3oc(=O)n(C)c3c2)cc1. The van der Waals surface area contributed by atoms with E-state index in [1.807, 2.05) is 79.7 Å². The first-order valence-electron chi connectivity index (χ1n) is 15.7. The van der Waals surface area contributed by atoms with E-state index in [4.69, 9.17) is 14.6 Å². The van der Waals surface area contributed by atoms with Crippen LogP contribution in [-0.4, -0.2) is 36.5 Å². The van der Waals surface area contributed by atoms with Gasteiger partial charge in [0.2, 0.25) is 5.91 Å². The highest BCUT2D eigenvalue weighted by Gasteiger charge is 2.53. The Morgan fingerprint density at radius 2 is 1.49 bits per heavy atom. The predicted molar refractivity (Wildman–Crippen MR) is 189 cm³/mol. The molecule has 0 aliphatic carbocycles. The van der Waals surface area contributed by atoms with Gasteiger partial charge in [0.15, 0.2) is 5.58 Å². The maximum atomic E-state index is 13.8. The van der Waals surface area contributed by atoms with E-state index in [1.165, 1.54) is 4.57 Å². The van der Waals surface area contributed by atoms with Crippen molar-refractivity contribution in [3.63, 3.8) is 0 Å². The number of hydrogen-bond acceptors (Lipinski definition) is 6. The third kappa shape index (κ3) is 6.58. The van der Waals surface area contributed by atoms with Crippen LogP contribution in [0.5, 0.6) is 0 Å². The van der Waals surface area contributed by atoms with Crippen molar-refractivity contribution in [3.05, 3.63) is 119 Å². The van der Waals surface area contributed by atoms with E-state index in [-0.39, 0.29) is 5.04 Å². The molecule has 0 saturated heterocycles. The number of carbonyl (C=O) groups is 1. The lowest BCUT2D eigenvalue weighted by Gasteiger charge is -2.47. The van der Waals surface area contributed by atoms with Crippen LogP contribution in [0, 0.1) is 11.3 Å². The molecule has 3 N–H and O–H groups in total. The van der Waals surface area contributed by atoms with Gasteiger partial charge in [0.25, 0.3) is 8.32 Å². The van der Waals surface area contributed by atoms with Gasteiger partial charge >= 0.3 is 5.76 Å². The minimum absolute atomic E-state index is 0.293. The molecule has 5 aromatic rings. The molecular formula is C38H42N4O4Si. The van der Waals surface area contributed by atoms with Gasteiger partial charge in [-0.1, -0.05) is 112 Å². The van der Waals surface area contributed by atoms with Gasteiger partial charge in [-0.2, -0.15) is 5.26 Å². The Bertz CT molecular complexity index is 1910. The largest absolute Gasteiger partial charge is 0.419 e. The summed E-state index contributed by atoms with van der Waals surface area (Å²) in [6, 6.07) is 35.2. The Hall–Kier alpha value is -4.75. The van der Waals surface area contributed by atoms with Gasteiger partial charge < -0.3 is 19.9 Å². The zero-order valence-electron chi connectivity index (χ0n) is 27.8. The van der Waals surface area contributed by atoms with Gasteiger partial charge in [-0.05, 0) is 58.1 Å². The molecule has 1 aromatic heterocycles. The van der Waals surface area contributed by atoms with Crippen LogP contribution >= 0.6 is 0 Å². The molecule has 1 heterocycles. The third-order valence-corrected chi connectivity index (χ3v) is 14.2. The molecule has 8 nitrogen and oxygen atoms in total. The van der Waals surface area contributed by atoms with Gasteiger partial charge in [-0.15, -0.1) is 0 Å². The number of hydrogen-bond donors (Lipinski definition) is 2. The van der Waals surface area contributed by atoms with E-state index in [2.05, 4.69) is 56.4 Å². The molecule has 5 rings (SSSR count). The first kappa shape index (κ1) is 33.6. The van der Waals surface area contributed by atoms with E-state index < -0.39 is 37.7 Å². The highest BCUT2D eigenvalue weighted by Crippen LogP contribution is 2.38. The molecule has 4 aromatic carbocycles. The molecule has 3 atom stereocenters. The predicted octanol–water partition coefficient (Wildman–Crippen LogP) is 5.03. The molecule has 0 aliphatic rings. The van der Waals surface area contributed by atoms with Gasteiger partial charge in [0.05, 0.1) is 17.7 Å². The minimum atomic E-state index is -2.98. The van der Waals surface area contributed by atoms with Gasteiger partial charge in [-0.25, -0.2) is 4.79 Å². The van der Waals surface area contributed by atoms with Crippen molar-refractivity contribution >= 4 is 35.7 Å². The fourth-order valence-electron chi connectivity index (χ4n) is 6.08. The first-order valence-corrected chi connectivity index (χ1v) is 17.7. The Balaban J connectivity index is 1.33. The molecule has 0 spiro atoms. The number of aryl methyl sites for hydroxylation is 1. The highest BCUT2D eigenvalue weighted by molar-refractivity contribution is 6.99. The lowest BCUT2D eigenvalue weighted by molar-refractivity contribution is -0.129. The van der Waals surface area contributed by atoms with Gasteiger partial charge in [0.1, 0.15) is 11.6 Å². The summed E-state index contributed by atoms with van der Waals surface area (Å²) in [5, 5.41) is 14.8. The molecule has 0 fully saturated rings. The van der Waals surface area contributed by atoms with Gasteiger partial charge in [0, 0.05) is 13.5 Å². The van der Waals surface area contributed by atoms with E-state index >= 15 is 0 Å². The molecule has 0 unspecified atom stereocenters. The fourth-order valence-corrected chi connectivity index (χ4v) is 10.9. The van der Waals surface area contributed by atoms with Crippen molar-refractivity contribution in [2.75, 3.05) is 0 Å². The number of amides is 1. The average molecular weight is 647 g/mol. The van der Waals surface area contributed by atoms with Crippen LogP contribution in [0.15, 0.2) is 112 Å². The number of fused-ring (bicyclic) bond motifs is 1. The maximum absolute atomic E-state index is 13.8. The van der Waals surface area contributed by atoms with E-state index in [9.17, 15) is 14.9 Å². The summed E-state index contributed by atoms with van der Waals surface area (Å²) in [7, 11) is -1.30. The molecule has 0 aliphatic heterocycles. The van der Waals surface area contributed by atoms with Gasteiger partial charge in [-0.3, -0.25) is 9.36 Å². The molecule has 0 bridgehead atoms. The summed E-state index contributed by atoms with van der Waals surface area (Å²) in [5.41, 5.74) is 9.36. The van der Waals surface area contributed by atoms with Crippen molar-refractivity contribution in [2.24, 2.45) is 12.8 Å². The normalized spacial score (nSPS) is 14.6. The second kappa shape index (κ2) is 13.2. The van der Waals surface area contributed by atoms with Crippen LogP contribution in [0.2, 0.25) is 5.04 Å². The molecular weight excluding hydrogens is 605 g/mol. The zero-order chi connectivity index (χ0) is 34.0. The quantitative estimate of drug-likeness (QED) is 0.205. The van der Waals surface area contributed by atoms with Crippen molar-refractivity contribution in [1.82, 2.24) is 9.88 Å². The third-order valence-electron chi connectivity index (χ3n) is 9.08. The lowest BCUT2D eigenvalue weighted by Crippen LogP contribution is -2.71. The molecule has 242 valence electrons. The molecule has 47 heavy (non-hydrogen) atoms. The zero-order valence-corrected chi connectivity index (χ0v) is 28.8. The summed E-state index contributed by atoms with van der Waals surface area (Å²) in [6.07, 6.45) is -0.378. The van der Waals surface area contributed by atoms with Crippen LogP contribution in [0.25, 0.3) is 22.2 Å². The number of nitrogens with zero attached hydrogens (tertiary/aromatic N) is 2. The number of carbonyl (C=O) groups excluding carboxylic acids is 1. The standard InChI is InChI=1S/C38H42N4O4Si/c1-26(46-47(37(2,3)4,31-13-9-7-10-14-31)32-15-11-8-12-16-32)38(5,40)35(43)41-30(25-39)23-27-17-19-28(20-18-27)29-21-22-34-33(24-29)42(6)36(44)45-34/h7-22,24,26,30H,23,40H2,1-6H3,(H,41,43)/t26-,30-,38+/m0/s1. The Labute approximate surface area is 276 Å². The number of nitrogens with two attached hydrogens (primary N) is 1. The van der Waals surface area contributed by atoms with Crippen molar-refractivity contribution < 1.29 is 13.6 Å². The van der Waals surface area contributed by atoms with Crippen molar-refractivity contribution in [2.45, 2.75) is 63.8 Å². The molecule has 0 saturated carbocycles. The number of nitriles is 1. The van der Waals surface area contributed by atoms with Crippen LogP contribution in [-0.2, 0) is 22.7 Å². The van der Waals surface area contributed by atoms with E-state index in [0.29, 0.717) is 17.5 Å². The second-order valence-electron chi connectivity index (χ2n) is 13.4. The number of rotatable bonds is 10. The summed E-state index contributed by atoms with van der Waals surface area (Å²) < 4.78 is 13.8. The Morgan fingerprint density at radius 3 is 2.02 bits per heavy atom. The summed E-state index contributed by atoms with van der Waals surface area (Å²) >= 11 is 0. The van der Waals surface area contributed by atoms with Crippen molar-refractivity contribution in [1.29, 1.82) is 5.26 Å². The lowest BCUT2D eigenvalue weighted by atomic mass is 9.95. The van der Waals surface area contributed by atoms with Crippen molar-refractivity contribution in [3.8, 4) is 17.2 Å². The maximum Gasteiger partial charge on any atom is 0.419 e. The number of nitrogens with one attached hydrogen (secondary N) is 1. The topological polar surface area (TPSA) is 123 Å². The summed E-state index contributed by atoms with van der Waals surface area (Å²) in [4.78, 5) is 25.6. The smallest absolute Gasteiger partial charge is 0.408 e.